The van der Waals surface area contributed by atoms with Gasteiger partial charge in [-0.25, -0.2) is 9.78 Å². The Kier molecular flexibility index (Phi) is 5.53. The van der Waals surface area contributed by atoms with E-state index in [-0.39, 0.29) is 11.2 Å². The highest BCUT2D eigenvalue weighted by Gasteiger charge is 2.14. The third kappa shape index (κ3) is 3.86. The van der Waals surface area contributed by atoms with Gasteiger partial charge in [0.1, 0.15) is 23.0 Å². The molecule has 13 heteroatoms. The molecule has 13 nitrogen and oxygen atoms in total. The fraction of sp³-hybridized carbons (Fsp3) is 0.158. The molecule has 0 bridgehead atoms. The summed E-state index contributed by atoms with van der Waals surface area (Å²) >= 11 is 0. The molecule has 32 heavy (non-hydrogen) atoms. The molecule has 4 heterocycles. The number of aromatic nitrogens is 6. The van der Waals surface area contributed by atoms with Gasteiger partial charge in [0, 0.05) is 32.4 Å². The average molecular weight is 436 g/mol. The number of hydrogen-bond acceptors (Lipinski definition) is 9. The van der Waals surface area contributed by atoms with Crippen molar-refractivity contribution in [2.24, 2.45) is 0 Å². The molecule has 0 unspecified atom stereocenters. The molecule has 0 saturated carbocycles. The van der Waals surface area contributed by atoms with Gasteiger partial charge in [0.2, 0.25) is 5.88 Å². The van der Waals surface area contributed by atoms with Crippen LogP contribution in [0.3, 0.4) is 0 Å². The van der Waals surface area contributed by atoms with Gasteiger partial charge in [0.05, 0.1) is 13.3 Å². The first kappa shape index (κ1) is 20.6. The number of hydrogen-bond donors (Lipinski definition) is 4. The number of amides is 2. The van der Waals surface area contributed by atoms with Crippen molar-refractivity contribution in [2.75, 3.05) is 37.2 Å². The van der Waals surface area contributed by atoms with E-state index in [2.05, 4.69) is 41.5 Å². The first-order valence-electron chi connectivity index (χ1n) is 9.46. The second-order valence-corrected chi connectivity index (χ2v) is 6.43. The number of carbonyl (C=O) groups is 1. The minimum atomic E-state index is -0.405. The van der Waals surface area contributed by atoms with Gasteiger partial charge in [0.25, 0.3) is 5.56 Å². The van der Waals surface area contributed by atoms with Gasteiger partial charge in [-0.1, -0.05) is 0 Å². The molecule has 0 atom stereocenters. The fourth-order valence-corrected chi connectivity index (χ4v) is 2.94. The summed E-state index contributed by atoms with van der Waals surface area (Å²) in [4.78, 5) is 29.3. The van der Waals surface area contributed by atoms with Gasteiger partial charge in [0.15, 0.2) is 11.5 Å². The highest BCUT2D eigenvalue weighted by Crippen LogP contribution is 2.23. The molecule has 4 aromatic heterocycles. The predicted octanol–water partition coefficient (Wildman–Crippen LogP) is 1.22. The number of carbonyl (C=O) groups excluding carboxylic acids is 1. The number of fused-ring (bicyclic) bond motifs is 1. The third-order valence-corrected chi connectivity index (χ3v) is 4.50. The first-order chi connectivity index (χ1) is 15.5. The van der Waals surface area contributed by atoms with Crippen molar-refractivity contribution >= 4 is 34.7 Å². The van der Waals surface area contributed by atoms with Gasteiger partial charge < -0.3 is 26.0 Å². The largest absolute Gasteiger partial charge is 0.480 e. The normalized spacial score (nSPS) is 10.6. The van der Waals surface area contributed by atoms with Crippen molar-refractivity contribution < 1.29 is 9.53 Å². The van der Waals surface area contributed by atoms with Crippen molar-refractivity contribution in [2.45, 2.75) is 0 Å². The zero-order valence-corrected chi connectivity index (χ0v) is 17.4. The van der Waals surface area contributed by atoms with Crippen LogP contribution in [-0.2, 0) is 0 Å². The molecule has 0 saturated heterocycles. The monoisotopic (exact) mass is 436 g/mol. The number of nitrogens with one attached hydrogen (secondary N) is 4. The minimum absolute atomic E-state index is 0.268. The van der Waals surface area contributed by atoms with Gasteiger partial charge in [-0.05, 0) is 18.2 Å². The Morgan fingerprint density at radius 1 is 1.12 bits per heavy atom. The molecule has 0 aliphatic heterocycles. The van der Waals surface area contributed by atoms with Crippen LogP contribution >= 0.6 is 0 Å². The van der Waals surface area contributed by atoms with Crippen LogP contribution in [0.25, 0.3) is 11.5 Å². The van der Waals surface area contributed by atoms with E-state index in [9.17, 15) is 9.59 Å². The first-order valence-corrected chi connectivity index (χ1v) is 9.46. The molecule has 0 radical (unpaired) electrons. The summed E-state index contributed by atoms with van der Waals surface area (Å²) in [6.45, 7) is 0. The van der Waals surface area contributed by atoms with E-state index in [0.717, 1.165) is 0 Å². The molecule has 0 aliphatic carbocycles. The van der Waals surface area contributed by atoms with Gasteiger partial charge in [-0.2, -0.15) is 9.61 Å². The maximum Gasteiger partial charge on any atom is 0.319 e. The van der Waals surface area contributed by atoms with Crippen LogP contribution in [0, 0.1) is 0 Å². The third-order valence-electron chi connectivity index (χ3n) is 4.50. The van der Waals surface area contributed by atoms with Crippen LogP contribution in [0.1, 0.15) is 0 Å². The molecule has 0 aliphatic rings. The standard InChI is InChI=1S/C19H20N10O3/c1-20-15-9-13(25-17-12(10-22-29(15)17)24-19(31)21-2)23-11-5-4-8-28(18(11)30)14-6-7-16(32-3)27-26-14/h4-10,20H,1-3H3,(H,23,25)(H2,21,24,31). The lowest BCUT2D eigenvalue weighted by Gasteiger charge is -2.11. The van der Waals surface area contributed by atoms with Gasteiger partial charge >= 0.3 is 6.03 Å². The van der Waals surface area contributed by atoms with Crippen molar-refractivity contribution in [1.29, 1.82) is 0 Å². The number of ether oxygens (including phenoxy) is 1. The quantitative estimate of drug-likeness (QED) is 0.349. The van der Waals surface area contributed by atoms with Gasteiger partial charge in [-0.3, -0.25) is 9.36 Å². The van der Waals surface area contributed by atoms with E-state index < -0.39 is 6.03 Å². The zero-order chi connectivity index (χ0) is 22.7. The molecule has 4 rings (SSSR count). The predicted molar refractivity (Wildman–Crippen MR) is 118 cm³/mol. The summed E-state index contributed by atoms with van der Waals surface area (Å²) in [5.74, 6) is 1.65. The zero-order valence-electron chi connectivity index (χ0n) is 17.4. The van der Waals surface area contributed by atoms with Crippen molar-refractivity contribution in [3.63, 3.8) is 0 Å². The molecule has 4 aromatic rings. The Morgan fingerprint density at radius 3 is 2.66 bits per heavy atom. The summed E-state index contributed by atoms with van der Waals surface area (Å²) in [7, 11) is 4.72. The molecule has 0 aromatic carbocycles. The number of anilines is 4. The molecule has 164 valence electrons. The lowest BCUT2D eigenvalue weighted by molar-refractivity contribution is 0.254. The number of methoxy groups -OCH3 is 1. The van der Waals surface area contributed by atoms with E-state index in [0.29, 0.717) is 34.7 Å². The summed E-state index contributed by atoms with van der Waals surface area (Å²) < 4.78 is 7.89. The minimum Gasteiger partial charge on any atom is -0.480 e. The van der Waals surface area contributed by atoms with Crippen LogP contribution in [0.4, 0.5) is 27.8 Å². The van der Waals surface area contributed by atoms with Crippen LogP contribution < -0.4 is 31.6 Å². The molecule has 4 N–H and O–H groups in total. The Morgan fingerprint density at radius 2 is 1.97 bits per heavy atom. The SMILES string of the molecule is CNC(=O)Nc1cnn2c(NC)cc(Nc3cccn(-c4ccc(OC)nn4)c3=O)nc12. The molecule has 0 fully saturated rings. The Bertz CT molecular complexity index is 1330. The Balaban J connectivity index is 1.72. The molecule has 2 amide bonds. The molecular weight excluding hydrogens is 416 g/mol. The van der Waals surface area contributed by atoms with Crippen molar-refractivity contribution in [1.82, 2.24) is 34.7 Å². The Labute approximate surface area is 181 Å². The highest BCUT2D eigenvalue weighted by molar-refractivity contribution is 5.93. The van der Waals surface area contributed by atoms with Crippen LogP contribution in [-0.4, -0.2) is 56.6 Å². The lowest BCUT2D eigenvalue weighted by Crippen LogP contribution is -2.24. The number of rotatable bonds is 6. The molecule has 0 spiro atoms. The smallest absolute Gasteiger partial charge is 0.319 e. The van der Waals surface area contributed by atoms with E-state index >= 15 is 0 Å². The van der Waals surface area contributed by atoms with E-state index in [1.807, 2.05) is 0 Å². The van der Waals surface area contributed by atoms with Crippen LogP contribution in [0.2, 0.25) is 0 Å². The summed E-state index contributed by atoms with van der Waals surface area (Å²) in [6, 6.07) is 7.85. The molecular formula is C19H20N10O3. The van der Waals surface area contributed by atoms with Crippen molar-refractivity contribution in [3.05, 3.63) is 53.1 Å². The van der Waals surface area contributed by atoms with E-state index in [4.69, 9.17) is 4.74 Å². The van der Waals surface area contributed by atoms with Gasteiger partial charge in [-0.15, -0.1) is 10.2 Å². The number of nitrogens with zero attached hydrogens (tertiary/aromatic N) is 6. The second-order valence-electron chi connectivity index (χ2n) is 6.43. The number of urea groups is 1. The summed E-state index contributed by atoms with van der Waals surface area (Å²) in [5.41, 5.74) is 0.713. The average Bonchev–Trinajstić information content (AvgIpc) is 3.22. The Hall–Kier alpha value is -4.68. The van der Waals surface area contributed by atoms with E-state index in [1.165, 1.54) is 29.4 Å². The summed E-state index contributed by atoms with van der Waals surface area (Å²) in [6.07, 6.45) is 3.07. The van der Waals surface area contributed by atoms with Crippen molar-refractivity contribution in [3.8, 4) is 11.7 Å². The maximum absolute atomic E-state index is 13.0. The van der Waals surface area contributed by atoms with Crippen LogP contribution in [0.5, 0.6) is 5.88 Å². The van der Waals surface area contributed by atoms with Crippen LogP contribution in [0.15, 0.2) is 47.5 Å². The highest BCUT2D eigenvalue weighted by atomic mass is 16.5. The number of pyridine rings is 1. The summed E-state index contributed by atoms with van der Waals surface area (Å²) in [5, 5.41) is 23.3. The topological polar surface area (TPSA) is 152 Å². The maximum atomic E-state index is 13.0. The second kappa shape index (κ2) is 8.59. The lowest BCUT2D eigenvalue weighted by atomic mass is 10.3. The van der Waals surface area contributed by atoms with E-state index in [1.54, 1.807) is 43.6 Å². The fourth-order valence-electron chi connectivity index (χ4n) is 2.94.